The number of aliphatic hydroxyl groups is 2. The molecule has 5 heterocycles. The molecule has 214 valence electrons. The molecule has 0 aromatic heterocycles. The van der Waals surface area contributed by atoms with Crippen LogP contribution >= 0.6 is 0 Å². The Morgan fingerprint density at radius 1 is 1.10 bits per heavy atom. The third-order valence-corrected chi connectivity index (χ3v) is 11.3. The molecule has 10 heteroatoms. The summed E-state index contributed by atoms with van der Waals surface area (Å²) < 4.78 is 36.9. The summed E-state index contributed by atoms with van der Waals surface area (Å²) in [5.41, 5.74) is -3.24. The number of hydrogen-bond donors (Lipinski definition) is 2. The standard InChI is InChI=1S/C29H38O10/c1-16-7-9-26-14-34-23(32)22-28(39-22)10-11-35-27(17(2)30,24(28)33)8-5-4-6-21(31)38-18-13-20(37-19(26)12-16)29(15-36-29)25(18,26)3/h4,6,12,17-20,22,24,30,33H,5,7-11,13-15H2,1-3H3/b6-4-. The fraction of sp³-hybridized carbons (Fsp3) is 0.793. The van der Waals surface area contributed by atoms with Crippen molar-refractivity contribution in [1.82, 2.24) is 0 Å². The molecular formula is C29H38O10. The van der Waals surface area contributed by atoms with E-state index in [4.69, 9.17) is 28.4 Å². The maximum absolute atomic E-state index is 13.6. The van der Waals surface area contributed by atoms with Crippen LogP contribution in [0.5, 0.6) is 0 Å². The Hall–Kier alpha value is -1.82. The highest BCUT2D eigenvalue weighted by atomic mass is 16.7. The van der Waals surface area contributed by atoms with Gasteiger partial charge in [-0.2, -0.15) is 0 Å². The van der Waals surface area contributed by atoms with Gasteiger partial charge in [0.1, 0.15) is 35.6 Å². The van der Waals surface area contributed by atoms with Gasteiger partial charge in [0.05, 0.1) is 36.9 Å². The lowest BCUT2D eigenvalue weighted by molar-refractivity contribution is -0.233. The molecule has 11 atom stereocenters. The smallest absolute Gasteiger partial charge is 0.338 e. The average molecular weight is 547 g/mol. The maximum Gasteiger partial charge on any atom is 0.338 e. The molecule has 0 aromatic rings. The second-order valence-corrected chi connectivity index (χ2v) is 12.9. The summed E-state index contributed by atoms with van der Waals surface area (Å²) in [5, 5.41) is 22.2. The van der Waals surface area contributed by atoms with Gasteiger partial charge in [-0.05, 0) is 39.5 Å². The van der Waals surface area contributed by atoms with E-state index in [-0.39, 0.29) is 31.8 Å². The zero-order valence-corrected chi connectivity index (χ0v) is 22.7. The Morgan fingerprint density at radius 2 is 1.90 bits per heavy atom. The van der Waals surface area contributed by atoms with Crippen LogP contribution in [0, 0.1) is 10.8 Å². The SMILES string of the molecule is CC1=CC2OC3CC4OC(=O)/C=C\CCC5(C(C)O)OCCC6(OC6C(=O)OCC2(CC1)C4(C)C31CO1)C5O. The summed E-state index contributed by atoms with van der Waals surface area (Å²) in [6.07, 6.45) is 3.80. The van der Waals surface area contributed by atoms with Crippen molar-refractivity contribution in [3.8, 4) is 0 Å². The van der Waals surface area contributed by atoms with Crippen molar-refractivity contribution in [3.05, 3.63) is 23.8 Å². The molecule has 2 aliphatic carbocycles. The number of fused-ring (bicyclic) bond motifs is 1. The largest absolute Gasteiger partial charge is 0.463 e. The molecule has 3 spiro atoms. The molecule has 0 radical (unpaired) electrons. The van der Waals surface area contributed by atoms with Crippen LogP contribution in [0.2, 0.25) is 0 Å². The van der Waals surface area contributed by atoms with Crippen molar-refractivity contribution in [2.24, 2.45) is 10.8 Å². The van der Waals surface area contributed by atoms with Crippen LogP contribution in [0.15, 0.2) is 23.8 Å². The van der Waals surface area contributed by atoms with Crippen molar-refractivity contribution < 1.29 is 48.2 Å². The van der Waals surface area contributed by atoms with Crippen molar-refractivity contribution in [2.75, 3.05) is 19.8 Å². The number of cyclic esters (lactones) is 1. The van der Waals surface area contributed by atoms with Crippen molar-refractivity contribution in [3.63, 3.8) is 0 Å². The molecule has 2 N–H and O–H groups in total. The van der Waals surface area contributed by atoms with Gasteiger partial charge in [0, 0.05) is 24.3 Å². The Balaban J connectivity index is 1.28. The van der Waals surface area contributed by atoms with Crippen molar-refractivity contribution in [1.29, 1.82) is 0 Å². The summed E-state index contributed by atoms with van der Waals surface area (Å²) >= 11 is 0. The minimum atomic E-state index is -1.35. The van der Waals surface area contributed by atoms with Gasteiger partial charge < -0.3 is 38.6 Å². The predicted molar refractivity (Wildman–Crippen MR) is 133 cm³/mol. The lowest BCUT2D eigenvalue weighted by atomic mass is 9.51. The predicted octanol–water partition coefficient (Wildman–Crippen LogP) is 1.50. The monoisotopic (exact) mass is 546 g/mol. The molecule has 10 nitrogen and oxygen atoms in total. The highest BCUT2D eigenvalue weighted by Crippen LogP contribution is 2.72. The first-order chi connectivity index (χ1) is 18.5. The van der Waals surface area contributed by atoms with E-state index in [9.17, 15) is 19.8 Å². The van der Waals surface area contributed by atoms with Crippen LogP contribution < -0.4 is 0 Å². The number of carbonyl (C=O) groups is 2. The fourth-order valence-electron chi connectivity index (χ4n) is 8.71. The van der Waals surface area contributed by atoms with E-state index in [0.717, 1.165) is 6.42 Å². The number of carbonyl (C=O) groups excluding carboxylic acids is 2. The lowest BCUT2D eigenvalue weighted by Gasteiger charge is -2.58. The van der Waals surface area contributed by atoms with E-state index in [1.54, 1.807) is 13.0 Å². The molecule has 4 bridgehead atoms. The number of esters is 2. The maximum atomic E-state index is 13.6. The number of epoxide rings is 2. The average Bonchev–Trinajstić information content (AvgIpc) is 3.81. The third-order valence-electron chi connectivity index (χ3n) is 11.3. The molecule has 5 aliphatic heterocycles. The van der Waals surface area contributed by atoms with E-state index >= 15 is 0 Å². The van der Waals surface area contributed by atoms with Crippen LogP contribution in [0.3, 0.4) is 0 Å². The Bertz CT molecular complexity index is 1140. The molecule has 0 aromatic carbocycles. The third kappa shape index (κ3) is 3.24. The van der Waals surface area contributed by atoms with E-state index in [2.05, 4.69) is 19.9 Å². The first-order valence-electron chi connectivity index (χ1n) is 14.2. The van der Waals surface area contributed by atoms with Crippen LogP contribution in [0.25, 0.3) is 0 Å². The Labute approximate surface area is 227 Å². The van der Waals surface area contributed by atoms with E-state index in [1.807, 2.05) is 0 Å². The van der Waals surface area contributed by atoms with Crippen LogP contribution in [-0.4, -0.2) is 95.4 Å². The molecule has 1 saturated carbocycles. The topological polar surface area (TPSA) is 137 Å². The lowest BCUT2D eigenvalue weighted by Crippen LogP contribution is -2.67. The summed E-state index contributed by atoms with van der Waals surface area (Å²) in [6, 6.07) is 0. The molecule has 0 amide bonds. The molecule has 4 saturated heterocycles. The van der Waals surface area contributed by atoms with E-state index < -0.39 is 64.0 Å². The van der Waals surface area contributed by atoms with Gasteiger partial charge in [0.25, 0.3) is 0 Å². The van der Waals surface area contributed by atoms with Gasteiger partial charge in [0.2, 0.25) is 0 Å². The van der Waals surface area contributed by atoms with E-state index in [1.165, 1.54) is 11.6 Å². The molecule has 39 heavy (non-hydrogen) atoms. The zero-order valence-electron chi connectivity index (χ0n) is 22.7. The van der Waals surface area contributed by atoms with E-state index in [0.29, 0.717) is 32.3 Å². The van der Waals surface area contributed by atoms with Gasteiger partial charge in [-0.1, -0.05) is 24.6 Å². The number of hydrogen-bond acceptors (Lipinski definition) is 10. The number of ether oxygens (including phenoxy) is 6. The second kappa shape index (κ2) is 8.36. The van der Waals surface area contributed by atoms with Crippen LogP contribution in [0.4, 0.5) is 0 Å². The summed E-state index contributed by atoms with van der Waals surface area (Å²) in [6.45, 7) is 6.50. The molecule has 5 fully saturated rings. The van der Waals surface area contributed by atoms with Gasteiger partial charge in [0.15, 0.2) is 6.10 Å². The van der Waals surface area contributed by atoms with Gasteiger partial charge in [-0.15, -0.1) is 0 Å². The summed E-state index contributed by atoms with van der Waals surface area (Å²) in [7, 11) is 0. The second-order valence-electron chi connectivity index (χ2n) is 12.9. The Kier molecular flexibility index (Phi) is 5.60. The first kappa shape index (κ1) is 26.1. The number of rotatable bonds is 1. The van der Waals surface area contributed by atoms with Crippen molar-refractivity contribution >= 4 is 11.9 Å². The quantitative estimate of drug-likeness (QED) is 0.283. The molecule has 7 aliphatic rings. The highest BCUT2D eigenvalue weighted by molar-refractivity contribution is 5.82. The first-order valence-corrected chi connectivity index (χ1v) is 14.2. The van der Waals surface area contributed by atoms with Gasteiger partial charge in [-0.25, -0.2) is 9.59 Å². The number of aliphatic hydroxyl groups excluding tert-OH is 2. The van der Waals surface area contributed by atoms with Gasteiger partial charge >= 0.3 is 11.9 Å². The van der Waals surface area contributed by atoms with Crippen LogP contribution in [-0.2, 0) is 38.0 Å². The number of allylic oxidation sites excluding steroid dienone is 2. The summed E-state index contributed by atoms with van der Waals surface area (Å²) in [4.78, 5) is 26.7. The normalized spacial score (nSPS) is 54.0. The summed E-state index contributed by atoms with van der Waals surface area (Å²) in [5.74, 6) is -1.02. The zero-order chi connectivity index (χ0) is 27.4. The van der Waals surface area contributed by atoms with Gasteiger partial charge in [-0.3, -0.25) is 0 Å². The minimum Gasteiger partial charge on any atom is -0.463 e. The molecule has 11 unspecified atom stereocenters. The molecule has 7 rings (SSSR count). The fourth-order valence-corrected chi connectivity index (χ4v) is 8.71. The highest BCUT2D eigenvalue weighted by Gasteiger charge is 2.83. The van der Waals surface area contributed by atoms with Crippen LogP contribution in [0.1, 0.15) is 59.3 Å². The molecular weight excluding hydrogens is 508 g/mol. The minimum absolute atomic E-state index is 0.0442. The van der Waals surface area contributed by atoms with Crippen molar-refractivity contribution in [2.45, 2.75) is 113 Å². The Morgan fingerprint density at radius 3 is 2.64 bits per heavy atom.